The van der Waals surface area contributed by atoms with Crippen LogP contribution in [0, 0.1) is 11.3 Å². The summed E-state index contributed by atoms with van der Waals surface area (Å²) in [6, 6.07) is 28.6. The third-order valence-corrected chi connectivity index (χ3v) is 5.77. The van der Waals surface area contributed by atoms with Gasteiger partial charge in [0.2, 0.25) is 0 Å². The Morgan fingerprint density at radius 1 is 0.879 bits per heavy atom. The van der Waals surface area contributed by atoms with Crippen LogP contribution in [0.25, 0.3) is 28.2 Å². The molecule has 0 aliphatic rings. The maximum absolute atomic E-state index is 13.2. The first-order valence-corrected chi connectivity index (χ1v) is 11.2. The second-order valence-corrected chi connectivity index (χ2v) is 7.74. The van der Waals surface area contributed by atoms with Crippen molar-refractivity contribution in [3.63, 3.8) is 0 Å². The molecule has 4 aromatic rings. The minimum absolute atomic E-state index is 0.195. The number of rotatable bonds is 7. The van der Waals surface area contributed by atoms with Crippen LogP contribution in [0.15, 0.2) is 89.7 Å². The number of benzene rings is 2. The summed E-state index contributed by atoms with van der Waals surface area (Å²) in [7, 11) is 0. The molecular weight excluding hydrogens is 408 g/mol. The molecule has 2 aromatic carbocycles. The number of nitrogens with zero attached hydrogens (tertiary/aromatic N) is 4. The van der Waals surface area contributed by atoms with Crippen molar-refractivity contribution in [3.05, 3.63) is 107 Å². The average Bonchev–Trinajstić information content (AvgIpc) is 2.87. The highest BCUT2D eigenvalue weighted by Crippen LogP contribution is 2.32. The van der Waals surface area contributed by atoms with E-state index in [9.17, 15) is 10.1 Å². The number of hydrogen-bond donors (Lipinski definition) is 0. The van der Waals surface area contributed by atoms with Crippen molar-refractivity contribution in [2.45, 2.75) is 20.4 Å². The van der Waals surface area contributed by atoms with Gasteiger partial charge < -0.3 is 0 Å². The minimum atomic E-state index is -0.195. The number of pyridine rings is 2. The Morgan fingerprint density at radius 3 is 2.33 bits per heavy atom. The topological polar surface area (TPSA) is 61.9 Å². The molecule has 0 N–H and O–H groups in total. The Hall–Kier alpha value is -4.01. The van der Waals surface area contributed by atoms with Gasteiger partial charge in [-0.15, -0.1) is 0 Å². The zero-order chi connectivity index (χ0) is 23.2. The van der Waals surface area contributed by atoms with Crippen molar-refractivity contribution in [2.24, 2.45) is 0 Å². The maximum atomic E-state index is 13.2. The molecule has 0 spiro atoms. The van der Waals surface area contributed by atoms with Crippen LogP contribution in [0.1, 0.15) is 25.1 Å². The monoisotopic (exact) mass is 434 g/mol. The summed E-state index contributed by atoms with van der Waals surface area (Å²) in [5, 5.41) is 9.70. The van der Waals surface area contributed by atoms with Gasteiger partial charge in [0.15, 0.2) is 0 Å². The summed E-state index contributed by atoms with van der Waals surface area (Å²) in [6.07, 6.45) is 0. The number of aromatic nitrogens is 2. The van der Waals surface area contributed by atoms with Crippen LogP contribution in [0.4, 0.5) is 0 Å². The first-order valence-electron chi connectivity index (χ1n) is 11.2. The summed E-state index contributed by atoms with van der Waals surface area (Å²) in [4.78, 5) is 20.4. The molecule has 0 saturated heterocycles. The van der Waals surface area contributed by atoms with E-state index >= 15 is 0 Å². The number of hydrogen-bond acceptors (Lipinski definition) is 4. The van der Waals surface area contributed by atoms with Gasteiger partial charge >= 0.3 is 0 Å². The molecule has 0 amide bonds. The fraction of sp³-hybridized carbons (Fsp3) is 0.179. The molecule has 2 aromatic heterocycles. The molecule has 0 unspecified atom stereocenters. The van der Waals surface area contributed by atoms with Gasteiger partial charge in [-0.05, 0) is 49.0 Å². The van der Waals surface area contributed by atoms with Gasteiger partial charge in [-0.2, -0.15) is 5.26 Å². The van der Waals surface area contributed by atoms with E-state index in [2.05, 4.69) is 24.8 Å². The van der Waals surface area contributed by atoms with Gasteiger partial charge in [0.1, 0.15) is 6.07 Å². The molecular formula is C28H26N4O. The SMILES string of the molecule is CCN(CC)Cc1cccc(-c2ccc(=O)n(-c3ccccc3C#N)c2-c2ccccc2)n1. The Labute approximate surface area is 194 Å². The third-order valence-electron chi connectivity index (χ3n) is 5.77. The fourth-order valence-electron chi connectivity index (χ4n) is 4.02. The zero-order valence-electron chi connectivity index (χ0n) is 18.9. The lowest BCUT2D eigenvalue weighted by atomic mass is 10.0. The van der Waals surface area contributed by atoms with E-state index in [0.29, 0.717) is 11.3 Å². The molecule has 164 valence electrons. The lowest BCUT2D eigenvalue weighted by Gasteiger charge is -2.20. The summed E-state index contributed by atoms with van der Waals surface area (Å²) < 4.78 is 1.63. The van der Waals surface area contributed by atoms with Crippen molar-refractivity contribution in [1.29, 1.82) is 5.26 Å². The first kappa shape index (κ1) is 22.2. The molecule has 0 fully saturated rings. The predicted molar refractivity (Wildman–Crippen MR) is 132 cm³/mol. The molecule has 0 aliphatic carbocycles. The summed E-state index contributed by atoms with van der Waals surface area (Å²) in [5.41, 5.74) is 5.02. The summed E-state index contributed by atoms with van der Waals surface area (Å²) in [6.45, 7) is 6.95. The highest BCUT2D eigenvalue weighted by molar-refractivity contribution is 5.81. The van der Waals surface area contributed by atoms with E-state index in [1.807, 2.05) is 60.7 Å². The van der Waals surface area contributed by atoms with Crippen LogP contribution < -0.4 is 5.56 Å². The fourth-order valence-corrected chi connectivity index (χ4v) is 4.02. The highest BCUT2D eigenvalue weighted by Gasteiger charge is 2.18. The van der Waals surface area contributed by atoms with E-state index < -0.39 is 0 Å². The molecule has 33 heavy (non-hydrogen) atoms. The van der Waals surface area contributed by atoms with Crippen molar-refractivity contribution < 1.29 is 0 Å². The Morgan fingerprint density at radius 2 is 1.61 bits per heavy atom. The normalized spacial score (nSPS) is 10.8. The van der Waals surface area contributed by atoms with Crippen LogP contribution in [-0.4, -0.2) is 27.5 Å². The summed E-state index contributed by atoms with van der Waals surface area (Å²) >= 11 is 0. The van der Waals surface area contributed by atoms with Crippen LogP contribution in [-0.2, 0) is 6.54 Å². The second-order valence-electron chi connectivity index (χ2n) is 7.74. The average molecular weight is 435 g/mol. The Bertz CT molecular complexity index is 1350. The maximum Gasteiger partial charge on any atom is 0.255 e. The van der Waals surface area contributed by atoms with Crippen molar-refractivity contribution in [2.75, 3.05) is 13.1 Å². The third kappa shape index (κ3) is 4.62. The lowest BCUT2D eigenvalue weighted by molar-refractivity contribution is 0.292. The van der Waals surface area contributed by atoms with E-state index in [4.69, 9.17) is 4.98 Å². The van der Waals surface area contributed by atoms with Crippen molar-refractivity contribution in [1.82, 2.24) is 14.5 Å². The van der Waals surface area contributed by atoms with Gasteiger partial charge in [-0.1, -0.05) is 62.4 Å². The summed E-state index contributed by atoms with van der Waals surface area (Å²) in [5.74, 6) is 0. The van der Waals surface area contributed by atoms with E-state index in [0.717, 1.165) is 47.8 Å². The smallest absolute Gasteiger partial charge is 0.255 e. The van der Waals surface area contributed by atoms with Gasteiger partial charge in [-0.25, -0.2) is 0 Å². The molecule has 0 atom stereocenters. The van der Waals surface area contributed by atoms with Crippen LogP contribution in [0.3, 0.4) is 0 Å². The standard InChI is InChI=1S/C28H26N4O/c1-3-31(4-2)20-23-14-10-15-25(30-23)24-17-18-27(33)32(26-16-9-8-13-22(26)19-29)28(24)21-11-6-5-7-12-21/h5-18H,3-4,20H2,1-2H3. The molecule has 0 saturated carbocycles. The van der Waals surface area contributed by atoms with Crippen molar-refractivity contribution >= 4 is 0 Å². The largest absolute Gasteiger partial charge is 0.298 e. The number of nitriles is 1. The molecule has 2 heterocycles. The molecule has 5 heteroatoms. The van der Waals surface area contributed by atoms with Gasteiger partial charge in [-0.3, -0.25) is 19.2 Å². The van der Waals surface area contributed by atoms with Crippen molar-refractivity contribution in [3.8, 4) is 34.3 Å². The van der Waals surface area contributed by atoms with Crippen LogP contribution in [0.2, 0.25) is 0 Å². The molecule has 0 bridgehead atoms. The van der Waals surface area contributed by atoms with E-state index in [1.54, 1.807) is 28.8 Å². The minimum Gasteiger partial charge on any atom is -0.298 e. The van der Waals surface area contributed by atoms with E-state index in [1.165, 1.54) is 0 Å². The predicted octanol–water partition coefficient (Wildman–Crippen LogP) is 5.28. The lowest BCUT2D eigenvalue weighted by Crippen LogP contribution is -2.23. The zero-order valence-corrected chi connectivity index (χ0v) is 18.9. The van der Waals surface area contributed by atoms with Crippen LogP contribution >= 0.6 is 0 Å². The van der Waals surface area contributed by atoms with Gasteiger partial charge in [0.05, 0.1) is 28.3 Å². The Kier molecular flexibility index (Phi) is 6.77. The molecule has 0 radical (unpaired) electrons. The molecule has 4 rings (SSSR count). The molecule has 5 nitrogen and oxygen atoms in total. The van der Waals surface area contributed by atoms with Crippen LogP contribution in [0.5, 0.6) is 0 Å². The Balaban J connectivity index is 1.98. The highest BCUT2D eigenvalue weighted by atomic mass is 16.1. The first-order chi connectivity index (χ1) is 16.2. The molecule has 0 aliphatic heterocycles. The quantitative estimate of drug-likeness (QED) is 0.397. The second kappa shape index (κ2) is 10.1. The van der Waals surface area contributed by atoms with Gasteiger partial charge in [0, 0.05) is 18.2 Å². The number of para-hydroxylation sites is 1. The van der Waals surface area contributed by atoms with Gasteiger partial charge in [0.25, 0.3) is 5.56 Å². The van der Waals surface area contributed by atoms with E-state index in [-0.39, 0.29) is 5.56 Å².